The zero-order chi connectivity index (χ0) is 19.0. The summed E-state index contributed by atoms with van der Waals surface area (Å²) in [5.74, 6) is 0.621. The van der Waals surface area contributed by atoms with Crippen LogP contribution in [0.1, 0.15) is 47.2 Å². The molecule has 0 saturated carbocycles. The van der Waals surface area contributed by atoms with Crippen LogP contribution in [0, 0.1) is 0 Å². The van der Waals surface area contributed by atoms with E-state index in [2.05, 4.69) is 72.7 Å². The van der Waals surface area contributed by atoms with Gasteiger partial charge in [-0.2, -0.15) is 0 Å². The van der Waals surface area contributed by atoms with E-state index >= 15 is 0 Å². The SMILES string of the molecule is CC(C)(C)[Si](C)(C)OCc1cc(N)cc(O[Si](C)(C)C(C)(C)C)n1. The van der Waals surface area contributed by atoms with Crippen LogP contribution < -0.4 is 10.2 Å². The molecule has 1 heterocycles. The van der Waals surface area contributed by atoms with E-state index in [0.29, 0.717) is 18.2 Å². The van der Waals surface area contributed by atoms with Crippen LogP contribution in [0.4, 0.5) is 5.69 Å². The van der Waals surface area contributed by atoms with E-state index in [-0.39, 0.29) is 10.1 Å². The van der Waals surface area contributed by atoms with Gasteiger partial charge in [-0.25, -0.2) is 4.98 Å². The van der Waals surface area contributed by atoms with Gasteiger partial charge in [-0.15, -0.1) is 0 Å². The topological polar surface area (TPSA) is 57.4 Å². The lowest BCUT2D eigenvalue weighted by Crippen LogP contribution is -2.44. The average Bonchev–Trinajstić information content (AvgIpc) is 2.32. The first-order chi connectivity index (χ1) is 10.6. The van der Waals surface area contributed by atoms with Crippen molar-refractivity contribution in [1.82, 2.24) is 4.98 Å². The molecule has 0 atom stereocenters. The third kappa shape index (κ3) is 5.32. The molecule has 1 aromatic rings. The predicted octanol–water partition coefficient (Wildman–Crippen LogP) is 5.57. The van der Waals surface area contributed by atoms with Crippen molar-refractivity contribution in [3.63, 3.8) is 0 Å². The van der Waals surface area contributed by atoms with Crippen LogP contribution in [0.3, 0.4) is 0 Å². The minimum absolute atomic E-state index is 0.122. The van der Waals surface area contributed by atoms with Gasteiger partial charge in [-0.05, 0) is 42.3 Å². The van der Waals surface area contributed by atoms with Gasteiger partial charge >= 0.3 is 0 Å². The second-order valence-electron chi connectivity index (χ2n) is 9.64. The lowest BCUT2D eigenvalue weighted by molar-refractivity contribution is 0.271. The Morgan fingerprint density at radius 2 is 1.42 bits per heavy atom. The summed E-state index contributed by atoms with van der Waals surface area (Å²) in [6.07, 6.45) is 0. The number of hydrogen-bond acceptors (Lipinski definition) is 4. The van der Waals surface area contributed by atoms with Gasteiger partial charge in [0.2, 0.25) is 5.88 Å². The third-order valence-corrected chi connectivity index (χ3v) is 14.2. The zero-order valence-corrected chi connectivity index (χ0v) is 19.2. The summed E-state index contributed by atoms with van der Waals surface area (Å²) in [6.45, 7) is 22.7. The van der Waals surface area contributed by atoms with E-state index < -0.39 is 16.6 Å². The quantitative estimate of drug-likeness (QED) is 0.690. The molecule has 2 N–H and O–H groups in total. The molecule has 0 unspecified atom stereocenters. The number of nitrogen functional groups attached to an aromatic ring is 1. The molecule has 4 nitrogen and oxygen atoms in total. The molecule has 0 bridgehead atoms. The van der Waals surface area contributed by atoms with E-state index in [9.17, 15) is 0 Å². The lowest BCUT2D eigenvalue weighted by Gasteiger charge is -2.36. The van der Waals surface area contributed by atoms with E-state index in [1.54, 1.807) is 0 Å². The van der Waals surface area contributed by atoms with E-state index in [1.165, 1.54) is 0 Å². The number of anilines is 1. The first kappa shape index (κ1) is 21.2. The van der Waals surface area contributed by atoms with Gasteiger partial charge in [-0.3, -0.25) is 0 Å². The Morgan fingerprint density at radius 3 is 1.88 bits per heavy atom. The minimum Gasteiger partial charge on any atom is -0.531 e. The maximum absolute atomic E-state index is 6.29. The maximum Gasteiger partial charge on any atom is 0.252 e. The van der Waals surface area contributed by atoms with Gasteiger partial charge in [0.1, 0.15) is 0 Å². The Kier molecular flexibility index (Phi) is 6.01. The highest BCUT2D eigenvalue weighted by atomic mass is 28.4. The van der Waals surface area contributed by atoms with E-state index in [1.807, 2.05) is 12.1 Å². The van der Waals surface area contributed by atoms with Crippen LogP contribution >= 0.6 is 0 Å². The molecule has 0 aliphatic rings. The molecule has 0 aliphatic heterocycles. The molecular weight excluding hydrogens is 332 g/mol. The van der Waals surface area contributed by atoms with Crippen molar-refractivity contribution in [2.75, 3.05) is 5.73 Å². The summed E-state index contributed by atoms with van der Waals surface area (Å²) in [6, 6.07) is 3.70. The Balaban J connectivity index is 2.96. The largest absolute Gasteiger partial charge is 0.531 e. The number of aromatic nitrogens is 1. The lowest BCUT2D eigenvalue weighted by atomic mass is 10.2. The summed E-state index contributed by atoms with van der Waals surface area (Å²) in [5, 5.41) is 0.297. The molecule has 0 aromatic carbocycles. The van der Waals surface area contributed by atoms with E-state index in [4.69, 9.17) is 14.6 Å². The fourth-order valence-electron chi connectivity index (χ4n) is 1.59. The molecule has 0 amide bonds. The van der Waals surface area contributed by atoms with Crippen molar-refractivity contribution < 1.29 is 8.85 Å². The third-order valence-electron chi connectivity index (χ3n) is 5.43. The molecule has 0 spiro atoms. The van der Waals surface area contributed by atoms with E-state index in [0.717, 1.165) is 5.69 Å². The highest BCUT2D eigenvalue weighted by Gasteiger charge is 2.40. The predicted molar refractivity (Wildman–Crippen MR) is 108 cm³/mol. The minimum atomic E-state index is -1.93. The molecule has 6 heteroatoms. The summed E-state index contributed by atoms with van der Waals surface area (Å²) < 4.78 is 12.6. The monoisotopic (exact) mass is 368 g/mol. The summed E-state index contributed by atoms with van der Waals surface area (Å²) in [7, 11) is -3.74. The number of nitrogens with two attached hydrogens (primary N) is 1. The Hall–Kier alpha value is -0.856. The van der Waals surface area contributed by atoms with Crippen LogP contribution in [0.25, 0.3) is 0 Å². The molecule has 138 valence electrons. The van der Waals surface area contributed by atoms with Crippen LogP contribution in [0.5, 0.6) is 5.88 Å². The second kappa shape index (κ2) is 6.80. The van der Waals surface area contributed by atoms with Gasteiger partial charge in [0, 0.05) is 11.8 Å². The molecule has 0 aliphatic carbocycles. The molecule has 0 saturated heterocycles. The highest BCUT2D eigenvalue weighted by molar-refractivity contribution is 6.74. The number of hydrogen-bond donors (Lipinski definition) is 1. The van der Waals surface area contributed by atoms with Gasteiger partial charge in [0.15, 0.2) is 8.32 Å². The Bertz CT molecular complexity index is 573. The summed E-state index contributed by atoms with van der Waals surface area (Å²) in [4.78, 5) is 4.65. The molecule has 0 radical (unpaired) electrons. The van der Waals surface area contributed by atoms with Crippen molar-refractivity contribution >= 4 is 22.3 Å². The fraction of sp³-hybridized carbons (Fsp3) is 0.722. The summed E-state index contributed by atoms with van der Waals surface area (Å²) >= 11 is 0. The fourth-order valence-corrected chi connectivity index (χ4v) is 3.47. The molecule has 1 aromatic heterocycles. The number of rotatable bonds is 5. The second-order valence-corrected chi connectivity index (χ2v) is 19.2. The maximum atomic E-state index is 6.29. The Labute approximate surface area is 150 Å². The van der Waals surface area contributed by atoms with Crippen molar-refractivity contribution in [1.29, 1.82) is 0 Å². The molecular formula is C18H36N2O2Si2. The summed E-state index contributed by atoms with van der Waals surface area (Å²) in [5.41, 5.74) is 7.58. The highest BCUT2D eigenvalue weighted by Crippen LogP contribution is 2.38. The van der Waals surface area contributed by atoms with Crippen molar-refractivity contribution in [3.8, 4) is 5.88 Å². The smallest absolute Gasteiger partial charge is 0.252 e. The van der Waals surface area contributed by atoms with Crippen LogP contribution in [0.2, 0.25) is 36.3 Å². The first-order valence-electron chi connectivity index (χ1n) is 8.65. The molecule has 24 heavy (non-hydrogen) atoms. The Morgan fingerprint density at radius 1 is 0.917 bits per heavy atom. The van der Waals surface area contributed by atoms with Crippen molar-refractivity contribution in [3.05, 3.63) is 17.8 Å². The number of pyridine rings is 1. The van der Waals surface area contributed by atoms with Gasteiger partial charge in [0.05, 0.1) is 12.3 Å². The van der Waals surface area contributed by atoms with Crippen LogP contribution in [-0.4, -0.2) is 21.6 Å². The normalized spacial score (nSPS) is 13.9. The average molecular weight is 369 g/mol. The van der Waals surface area contributed by atoms with Crippen LogP contribution in [-0.2, 0) is 11.0 Å². The molecule has 1 rings (SSSR count). The molecule has 0 fully saturated rings. The van der Waals surface area contributed by atoms with Gasteiger partial charge < -0.3 is 14.6 Å². The van der Waals surface area contributed by atoms with Gasteiger partial charge in [-0.1, -0.05) is 41.5 Å². The van der Waals surface area contributed by atoms with Crippen molar-refractivity contribution in [2.45, 2.75) is 84.4 Å². The number of nitrogens with zero attached hydrogens (tertiary/aromatic N) is 1. The van der Waals surface area contributed by atoms with Crippen molar-refractivity contribution in [2.24, 2.45) is 0 Å². The van der Waals surface area contributed by atoms with Gasteiger partial charge in [0.25, 0.3) is 8.32 Å². The standard InChI is InChI=1S/C18H36N2O2Si2/c1-17(2,3)23(7,8)21-13-15-11-14(19)12-16(20-15)22-24(9,10)18(4,5)6/h11-12H,13H2,1-10H3,(H2,19,20). The van der Waals surface area contributed by atoms with Crippen LogP contribution in [0.15, 0.2) is 12.1 Å². The first-order valence-corrected chi connectivity index (χ1v) is 14.5. The zero-order valence-electron chi connectivity index (χ0n) is 17.2.